The molecule has 35 heavy (non-hydrogen) atoms. The maximum absolute atomic E-state index is 13.7. The Hall–Kier alpha value is -2.66. The van der Waals surface area contributed by atoms with Crippen molar-refractivity contribution in [3.05, 3.63) is 53.5 Å². The van der Waals surface area contributed by atoms with E-state index >= 15 is 0 Å². The summed E-state index contributed by atoms with van der Waals surface area (Å²) in [6, 6.07) is 3.36. The largest absolute Gasteiger partial charge is 0.390 e. The van der Waals surface area contributed by atoms with Crippen LogP contribution in [0.15, 0.2) is 30.7 Å². The van der Waals surface area contributed by atoms with Gasteiger partial charge in [-0.3, -0.25) is 0 Å². The van der Waals surface area contributed by atoms with Crippen LogP contribution in [0, 0.1) is 17.6 Å². The minimum atomic E-state index is -0.896. The first kappa shape index (κ1) is 25.4. The zero-order chi connectivity index (χ0) is 24.9. The number of hydrogen-bond acceptors (Lipinski definition) is 7. The number of aromatic nitrogens is 3. The molecule has 0 aliphatic heterocycles. The minimum absolute atomic E-state index is 0.0916. The van der Waals surface area contributed by atoms with Gasteiger partial charge in [-0.2, -0.15) is 0 Å². The SMILES string of the molecule is CCc1cn([C@@H]2C[C@H](CNCCCNCCc3ccc(F)cc3F)[C@@H](O)[C@H]2O)c2ncnc(N)c12. The zero-order valence-corrected chi connectivity index (χ0v) is 19.9. The number of anilines is 1. The van der Waals surface area contributed by atoms with Crippen LogP contribution in [0.25, 0.3) is 11.0 Å². The molecule has 1 aromatic carbocycles. The van der Waals surface area contributed by atoms with E-state index in [2.05, 4.69) is 20.6 Å². The first-order valence-electron chi connectivity index (χ1n) is 12.2. The Kier molecular flexibility index (Phi) is 8.27. The molecule has 1 aliphatic carbocycles. The summed E-state index contributed by atoms with van der Waals surface area (Å²) in [6.07, 6.45) is 4.41. The fourth-order valence-corrected chi connectivity index (χ4v) is 4.98. The van der Waals surface area contributed by atoms with Gasteiger partial charge in [0.25, 0.3) is 0 Å². The summed E-state index contributed by atoms with van der Waals surface area (Å²) < 4.78 is 28.6. The van der Waals surface area contributed by atoms with Crippen molar-refractivity contribution in [2.45, 2.75) is 50.9 Å². The summed E-state index contributed by atoms with van der Waals surface area (Å²) in [5, 5.41) is 28.9. The predicted octanol–water partition coefficient (Wildman–Crippen LogP) is 1.95. The number of nitrogens with one attached hydrogen (secondary N) is 2. The average Bonchev–Trinajstić information content (AvgIpc) is 3.35. The molecule has 1 fully saturated rings. The van der Waals surface area contributed by atoms with Crippen molar-refractivity contribution in [3.63, 3.8) is 0 Å². The molecule has 1 saturated carbocycles. The van der Waals surface area contributed by atoms with E-state index in [1.807, 2.05) is 17.7 Å². The number of benzene rings is 1. The number of nitrogens with two attached hydrogens (primary N) is 1. The summed E-state index contributed by atoms with van der Waals surface area (Å²) >= 11 is 0. The summed E-state index contributed by atoms with van der Waals surface area (Å²) in [5.41, 5.74) is 8.28. The normalized spacial score (nSPS) is 22.3. The van der Waals surface area contributed by atoms with E-state index in [9.17, 15) is 19.0 Å². The number of nitrogens with zero attached hydrogens (tertiary/aromatic N) is 3. The fraction of sp³-hybridized carbons (Fsp3) is 0.520. The molecule has 4 atom stereocenters. The Morgan fingerprint density at radius 2 is 1.89 bits per heavy atom. The summed E-state index contributed by atoms with van der Waals surface area (Å²) in [6.45, 7) is 4.74. The third kappa shape index (κ3) is 5.61. The molecule has 0 saturated heterocycles. The van der Waals surface area contributed by atoms with E-state index in [1.54, 1.807) is 0 Å². The Morgan fingerprint density at radius 1 is 1.09 bits per heavy atom. The number of nitrogen functional groups attached to an aromatic ring is 1. The van der Waals surface area contributed by atoms with Gasteiger partial charge in [-0.15, -0.1) is 0 Å². The molecule has 6 N–H and O–H groups in total. The molecule has 0 bridgehead atoms. The Morgan fingerprint density at radius 3 is 2.66 bits per heavy atom. The smallest absolute Gasteiger partial charge is 0.146 e. The molecule has 0 unspecified atom stereocenters. The second-order valence-corrected chi connectivity index (χ2v) is 9.21. The maximum Gasteiger partial charge on any atom is 0.146 e. The van der Waals surface area contributed by atoms with Crippen LogP contribution >= 0.6 is 0 Å². The topological polar surface area (TPSA) is 121 Å². The van der Waals surface area contributed by atoms with Crippen LogP contribution in [0.5, 0.6) is 0 Å². The lowest BCUT2D eigenvalue weighted by molar-refractivity contribution is 0.00692. The highest BCUT2D eigenvalue weighted by atomic mass is 19.1. The van der Waals surface area contributed by atoms with E-state index in [0.29, 0.717) is 43.0 Å². The highest BCUT2D eigenvalue weighted by molar-refractivity contribution is 5.89. The first-order valence-corrected chi connectivity index (χ1v) is 12.2. The molecule has 4 rings (SSSR count). The van der Waals surface area contributed by atoms with Gasteiger partial charge < -0.3 is 31.1 Å². The molecular formula is C25H34F2N6O2. The molecule has 0 spiro atoms. The van der Waals surface area contributed by atoms with E-state index < -0.39 is 23.8 Å². The van der Waals surface area contributed by atoms with Crippen LogP contribution in [-0.2, 0) is 12.8 Å². The number of aryl methyl sites for hydroxylation is 1. The van der Waals surface area contributed by atoms with E-state index in [-0.39, 0.29) is 12.0 Å². The lowest BCUT2D eigenvalue weighted by atomic mass is 10.1. The average molecular weight is 489 g/mol. The predicted molar refractivity (Wildman–Crippen MR) is 131 cm³/mol. The number of hydrogen-bond donors (Lipinski definition) is 5. The third-order valence-electron chi connectivity index (χ3n) is 6.93. The third-order valence-corrected chi connectivity index (χ3v) is 6.93. The van der Waals surface area contributed by atoms with Crippen LogP contribution in [0.4, 0.5) is 14.6 Å². The highest BCUT2D eigenvalue weighted by Gasteiger charge is 2.42. The van der Waals surface area contributed by atoms with Crippen LogP contribution < -0.4 is 16.4 Å². The van der Waals surface area contributed by atoms with Gasteiger partial charge in [-0.25, -0.2) is 18.7 Å². The molecule has 0 radical (unpaired) electrons. The van der Waals surface area contributed by atoms with E-state index in [0.717, 1.165) is 42.9 Å². The van der Waals surface area contributed by atoms with Gasteiger partial charge >= 0.3 is 0 Å². The summed E-state index contributed by atoms with van der Waals surface area (Å²) in [5.74, 6) is -0.749. The lowest BCUT2D eigenvalue weighted by Crippen LogP contribution is -2.34. The molecule has 3 aromatic rings. The number of halogens is 2. The minimum Gasteiger partial charge on any atom is -0.390 e. The van der Waals surface area contributed by atoms with E-state index in [1.165, 1.54) is 18.5 Å². The van der Waals surface area contributed by atoms with Crippen molar-refractivity contribution in [1.29, 1.82) is 0 Å². The molecule has 0 amide bonds. The molecule has 10 heteroatoms. The van der Waals surface area contributed by atoms with E-state index in [4.69, 9.17) is 5.73 Å². The van der Waals surface area contributed by atoms with Crippen LogP contribution in [0.1, 0.15) is 36.9 Å². The lowest BCUT2D eigenvalue weighted by Gasteiger charge is -2.19. The fourth-order valence-electron chi connectivity index (χ4n) is 4.98. The first-order chi connectivity index (χ1) is 16.9. The molecule has 190 valence electrons. The van der Waals surface area contributed by atoms with Gasteiger partial charge in [-0.1, -0.05) is 13.0 Å². The zero-order valence-electron chi connectivity index (χ0n) is 19.9. The number of fused-ring (bicyclic) bond motifs is 1. The van der Waals surface area contributed by atoms with Crippen molar-refractivity contribution in [1.82, 2.24) is 25.2 Å². The summed E-state index contributed by atoms with van der Waals surface area (Å²) in [4.78, 5) is 8.50. The van der Waals surface area contributed by atoms with Crippen molar-refractivity contribution in [2.24, 2.45) is 5.92 Å². The standard InChI is InChI=1S/C25H34F2N6O2/c1-2-15-13-33(25-21(15)24(28)31-14-32-25)20-10-17(22(34)23(20)35)12-30-8-3-7-29-9-6-16-4-5-18(26)11-19(16)27/h4-5,11,13-14,17,20,22-23,29-30,34-35H,2-3,6-10,12H2,1H3,(H2,28,31,32)/t17-,20-,22-,23+/m1/s1. The van der Waals surface area contributed by atoms with Crippen LogP contribution in [-0.4, -0.2) is 63.1 Å². The van der Waals surface area contributed by atoms with Gasteiger partial charge in [0.15, 0.2) is 0 Å². The van der Waals surface area contributed by atoms with Crippen LogP contribution in [0.2, 0.25) is 0 Å². The van der Waals surface area contributed by atoms with Crippen molar-refractivity contribution < 1.29 is 19.0 Å². The molecule has 2 aromatic heterocycles. The Balaban J connectivity index is 1.22. The van der Waals surface area contributed by atoms with Gasteiger partial charge in [-0.05, 0) is 62.5 Å². The number of aliphatic hydroxyl groups excluding tert-OH is 2. The second-order valence-electron chi connectivity index (χ2n) is 9.21. The highest BCUT2D eigenvalue weighted by Crippen LogP contribution is 2.38. The monoisotopic (exact) mass is 488 g/mol. The molecule has 1 aliphatic rings. The van der Waals surface area contributed by atoms with Gasteiger partial charge in [0, 0.05) is 24.7 Å². The quantitative estimate of drug-likeness (QED) is 0.262. The van der Waals surface area contributed by atoms with Crippen molar-refractivity contribution >= 4 is 16.9 Å². The van der Waals surface area contributed by atoms with Gasteiger partial charge in [0.1, 0.15) is 35.5 Å². The molecule has 8 nitrogen and oxygen atoms in total. The van der Waals surface area contributed by atoms with Gasteiger partial charge in [0.05, 0.1) is 17.5 Å². The maximum atomic E-state index is 13.7. The molecular weight excluding hydrogens is 454 g/mol. The van der Waals surface area contributed by atoms with Crippen LogP contribution in [0.3, 0.4) is 0 Å². The number of aliphatic hydroxyl groups is 2. The summed E-state index contributed by atoms with van der Waals surface area (Å²) in [7, 11) is 0. The Labute approximate surface area is 203 Å². The van der Waals surface area contributed by atoms with Crippen molar-refractivity contribution in [3.8, 4) is 0 Å². The Bertz CT molecular complexity index is 1140. The number of rotatable bonds is 11. The molecule has 2 heterocycles. The second kappa shape index (κ2) is 11.4. The van der Waals surface area contributed by atoms with Crippen molar-refractivity contribution in [2.75, 3.05) is 31.9 Å². The van der Waals surface area contributed by atoms with Gasteiger partial charge in [0.2, 0.25) is 0 Å².